The van der Waals surface area contributed by atoms with Gasteiger partial charge in [-0.05, 0) is 18.6 Å². The van der Waals surface area contributed by atoms with Crippen LogP contribution < -0.4 is 4.90 Å². The van der Waals surface area contributed by atoms with Crippen molar-refractivity contribution in [1.29, 1.82) is 0 Å². The van der Waals surface area contributed by atoms with Gasteiger partial charge in [-0.2, -0.15) is 0 Å². The second kappa shape index (κ2) is 6.98. The molecule has 0 saturated heterocycles. The van der Waals surface area contributed by atoms with Crippen LogP contribution in [0.25, 0.3) is 0 Å². The van der Waals surface area contributed by atoms with Gasteiger partial charge in [0.25, 0.3) is 0 Å². The van der Waals surface area contributed by atoms with Crippen molar-refractivity contribution in [3.05, 3.63) is 29.3 Å². The molecule has 5 heteroatoms. The van der Waals surface area contributed by atoms with Crippen LogP contribution in [-0.4, -0.2) is 49.6 Å². The average Bonchev–Trinajstić information content (AvgIpc) is 2.37. The van der Waals surface area contributed by atoms with Crippen molar-refractivity contribution in [3.8, 4) is 0 Å². The Bertz CT molecular complexity index is 400. The lowest BCUT2D eigenvalue weighted by Gasteiger charge is -2.25. The first kappa shape index (κ1) is 14.5. The van der Waals surface area contributed by atoms with Crippen molar-refractivity contribution >= 4 is 11.7 Å². The summed E-state index contributed by atoms with van der Waals surface area (Å²) in [7, 11) is 1.33. The number of carbonyl (C=O) groups excluding carboxylic acids is 1. The van der Waals surface area contributed by atoms with Gasteiger partial charge in [-0.3, -0.25) is 0 Å². The van der Waals surface area contributed by atoms with Crippen LogP contribution in [0.4, 0.5) is 5.69 Å². The number of ether oxygens (including phenoxy) is 1. The third kappa shape index (κ3) is 3.21. The molecule has 0 heterocycles. The zero-order valence-electron chi connectivity index (χ0n) is 10.7. The fraction of sp³-hybridized carbons (Fsp3) is 0.462. The molecule has 18 heavy (non-hydrogen) atoms. The van der Waals surface area contributed by atoms with Crippen LogP contribution in [0.3, 0.4) is 0 Å². The molecule has 1 aromatic carbocycles. The van der Waals surface area contributed by atoms with E-state index in [-0.39, 0.29) is 13.2 Å². The monoisotopic (exact) mass is 253 g/mol. The molecular formula is C13H19NO4. The van der Waals surface area contributed by atoms with Gasteiger partial charge in [-0.1, -0.05) is 12.1 Å². The van der Waals surface area contributed by atoms with Crippen molar-refractivity contribution in [3.63, 3.8) is 0 Å². The van der Waals surface area contributed by atoms with E-state index in [1.54, 1.807) is 11.0 Å². The summed E-state index contributed by atoms with van der Waals surface area (Å²) in [5.41, 5.74) is 1.95. The predicted molar refractivity (Wildman–Crippen MR) is 68.9 cm³/mol. The molecular weight excluding hydrogens is 234 g/mol. The molecule has 1 aromatic rings. The van der Waals surface area contributed by atoms with Crippen molar-refractivity contribution in [1.82, 2.24) is 0 Å². The number of rotatable bonds is 6. The molecule has 0 radical (unpaired) electrons. The Morgan fingerprint density at radius 1 is 1.28 bits per heavy atom. The van der Waals surface area contributed by atoms with E-state index in [0.717, 1.165) is 5.56 Å². The maximum absolute atomic E-state index is 11.8. The molecule has 0 fully saturated rings. The van der Waals surface area contributed by atoms with Gasteiger partial charge in [0.15, 0.2) is 0 Å². The number of anilines is 1. The highest BCUT2D eigenvalue weighted by Gasteiger charge is 2.18. The number of aryl methyl sites for hydroxylation is 1. The Morgan fingerprint density at radius 2 is 1.89 bits per heavy atom. The minimum absolute atomic E-state index is 0.0471. The summed E-state index contributed by atoms with van der Waals surface area (Å²) in [6.07, 6.45) is 0. The molecule has 0 amide bonds. The molecule has 0 unspecified atom stereocenters. The van der Waals surface area contributed by atoms with E-state index in [0.29, 0.717) is 24.3 Å². The summed E-state index contributed by atoms with van der Waals surface area (Å²) >= 11 is 0. The number of aliphatic hydroxyl groups excluding tert-OH is 2. The number of benzene rings is 1. The Balaban J connectivity index is 3.19. The molecule has 0 aliphatic rings. The fourth-order valence-electron chi connectivity index (χ4n) is 1.88. The van der Waals surface area contributed by atoms with Crippen LogP contribution in [0, 0.1) is 6.92 Å². The van der Waals surface area contributed by atoms with Crippen LogP contribution in [-0.2, 0) is 4.74 Å². The summed E-state index contributed by atoms with van der Waals surface area (Å²) in [5, 5.41) is 18.1. The van der Waals surface area contributed by atoms with Crippen LogP contribution in [0.15, 0.2) is 18.2 Å². The number of esters is 1. The third-order valence-corrected chi connectivity index (χ3v) is 2.72. The fourth-order valence-corrected chi connectivity index (χ4v) is 1.88. The van der Waals surface area contributed by atoms with Crippen molar-refractivity contribution < 1.29 is 19.7 Å². The number of carbonyl (C=O) groups is 1. The third-order valence-electron chi connectivity index (χ3n) is 2.72. The molecule has 0 spiro atoms. The zero-order valence-corrected chi connectivity index (χ0v) is 10.7. The molecule has 100 valence electrons. The highest BCUT2D eigenvalue weighted by Crippen LogP contribution is 2.24. The largest absolute Gasteiger partial charge is 0.465 e. The first-order chi connectivity index (χ1) is 8.65. The molecule has 5 nitrogen and oxygen atoms in total. The lowest BCUT2D eigenvalue weighted by molar-refractivity contribution is 0.0600. The van der Waals surface area contributed by atoms with Gasteiger partial charge >= 0.3 is 5.97 Å². The van der Waals surface area contributed by atoms with Crippen LogP contribution in [0.1, 0.15) is 15.9 Å². The summed E-state index contributed by atoms with van der Waals surface area (Å²) in [6.45, 7) is 2.44. The summed E-state index contributed by atoms with van der Waals surface area (Å²) in [4.78, 5) is 13.6. The summed E-state index contributed by atoms with van der Waals surface area (Å²) in [5.74, 6) is -0.413. The summed E-state index contributed by atoms with van der Waals surface area (Å²) in [6, 6.07) is 5.44. The Kier molecular flexibility index (Phi) is 5.61. The SMILES string of the molecule is COC(=O)c1c(C)cccc1N(CCO)CCO. The van der Waals surface area contributed by atoms with Gasteiger partial charge in [-0.15, -0.1) is 0 Å². The average molecular weight is 253 g/mol. The Hall–Kier alpha value is -1.59. The normalized spacial score (nSPS) is 10.2. The second-order valence-electron chi connectivity index (χ2n) is 3.89. The maximum Gasteiger partial charge on any atom is 0.340 e. The van der Waals surface area contributed by atoms with Gasteiger partial charge in [-0.25, -0.2) is 4.79 Å². The number of hydrogen-bond donors (Lipinski definition) is 2. The predicted octanol–water partition coefficient (Wildman–Crippen LogP) is 0.573. The van der Waals surface area contributed by atoms with E-state index in [4.69, 9.17) is 14.9 Å². The van der Waals surface area contributed by atoms with Gasteiger partial charge in [0.05, 0.1) is 31.6 Å². The minimum Gasteiger partial charge on any atom is -0.465 e. The highest BCUT2D eigenvalue weighted by molar-refractivity contribution is 5.97. The quantitative estimate of drug-likeness (QED) is 0.725. The van der Waals surface area contributed by atoms with E-state index in [1.165, 1.54) is 7.11 Å². The molecule has 1 rings (SSSR count). The van der Waals surface area contributed by atoms with Gasteiger partial charge < -0.3 is 19.8 Å². The molecule has 0 saturated carbocycles. The van der Waals surface area contributed by atoms with Gasteiger partial charge in [0.2, 0.25) is 0 Å². The minimum atomic E-state index is -0.413. The second-order valence-corrected chi connectivity index (χ2v) is 3.89. The first-order valence-corrected chi connectivity index (χ1v) is 5.80. The van der Waals surface area contributed by atoms with Gasteiger partial charge in [0, 0.05) is 13.1 Å². The highest BCUT2D eigenvalue weighted by atomic mass is 16.5. The van der Waals surface area contributed by atoms with E-state index in [2.05, 4.69) is 0 Å². The van der Waals surface area contributed by atoms with E-state index in [1.807, 2.05) is 19.1 Å². The number of aliphatic hydroxyl groups is 2. The standard InChI is InChI=1S/C13H19NO4/c1-10-4-3-5-11(12(10)13(17)18-2)14(6-8-15)7-9-16/h3-5,15-16H,6-9H2,1-2H3. The molecule has 0 aromatic heterocycles. The zero-order chi connectivity index (χ0) is 13.5. The lowest BCUT2D eigenvalue weighted by Crippen LogP contribution is -2.31. The number of hydrogen-bond acceptors (Lipinski definition) is 5. The van der Waals surface area contributed by atoms with E-state index >= 15 is 0 Å². The number of nitrogens with zero attached hydrogens (tertiary/aromatic N) is 1. The Labute approximate surface area is 107 Å². The molecule has 0 aliphatic heterocycles. The smallest absolute Gasteiger partial charge is 0.340 e. The molecule has 0 atom stereocenters. The maximum atomic E-state index is 11.8. The molecule has 2 N–H and O–H groups in total. The van der Waals surface area contributed by atoms with Crippen molar-refractivity contribution in [2.24, 2.45) is 0 Å². The topological polar surface area (TPSA) is 70.0 Å². The molecule has 0 bridgehead atoms. The lowest BCUT2D eigenvalue weighted by atomic mass is 10.1. The van der Waals surface area contributed by atoms with Crippen LogP contribution >= 0.6 is 0 Å². The first-order valence-electron chi connectivity index (χ1n) is 5.80. The summed E-state index contributed by atoms with van der Waals surface area (Å²) < 4.78 is 4.77. The van der Waals surface area contributed by atoms with Gasteiger partial charge in [0.1, 0.15) is 0 Å². The van der Waals surface area contributed by atoms with Crippen molar-refractivity contribution in [2.75, 3.05) is 38.3 Å². The van der Waals surface area contributed by atoms with E-state index < -0.39 is 5.97 Å². The van der Waals surface area contributed by atoms with Crippen LogP contribution in [0.2, 0.25) is 0 Å². The molecule has 0 aliphatic carbocycles. The van der Waals surface area contributed by atoms with Crippen LogP contribution in [0.5, 0.6) is 0 Å². The number of methoxy groups -OCH3 is 1. The van der Waals surface area contributed by atoms with E-state index in [9.17, 15) is 4.79 Å². The van der Waals surface area contributed by atoms with Crippen molar-refractivity contribution in [2.45, 2.75) is 6.92 Å². The Morgan fingerprint density at radius 3 is 2.39 bits per heavy atom.